The summed E-state index contributed by atoms with van der Waals surface area (Å²) in [7, 11) is 1.72. The molecule has 3 rings (SSSR count). The van der Waals surface area contributed by atoms with Crippen LogP contribution in [0, 0.1) is 13.8 Å². The minimum Gasteiger partial charge on any atom is -0.466 e. The number of nitrogens with two attached hydrogens (primary N) is 1. The third kappa shape index (κ3) is 6.99. The molecule has 9 nitrogen and oxygen atoms in total. The van der Waals surface area contributed by atoms with Gasteiger partial charge in [-0.25, -0.2) is 9.55 Å². The van der Waals surface area contributed by atoms with Crippen LogP contribution in [-0.4, -0.2) is 52.1 Å². The Balaban J connectivity index is 0.00000210. The van der Waals surface area contributed by atoms with E-state index in [4.69, 9.17) is 10.5 Å². The lowest BCUT2D eigenvalue weighted by molar-refractivity contribution is -0.143. The number of anilines is 1. The molecule has 0 bridgehead atoms. The summed E-state index contributed by atoms with van der Waals surface area (Å²) in [5.41, 5.74) is 11.0. The molecule has 0 unspecified atom stereocenters. The molecule has 0 aliphatic carbocycles. The topological polar surface area (TPSA) is 116 Å². The Bertz CT molecular complexity index is 1200. The molecule has 0 spiro atoms. The van der Waals surface area contributed by atoms with Crippen LogP contribution in [-0.2, 0) is 14.3 Å². The Hall–Kier alpha value is -4.01. The molecule has 0 saturated carbocycles. The molecule has 0 aliphatic rings. The van der Waals surface area contributed by atoms with Crippen molar-refractivity contribution in [2.45, 2.75) is 41.0 Å². The summed E-state index contributed by atoms with van der Waals surface area (Å²) < 4.78 is 6.20. The molecule has 9 heteroatoms. The van der Waals surface area contributed by atoms with Crippen molar-refractivity contribution < 1.29 is 14.3 Å². The zero-order chi connectivity index (χ0) is 26.0. The summed E-state index contributed by atoms with van der Waals surface area (Å²) in [5.74, 6) is -0.310. The predicted molar refractivity (Wildman–Crippen MR) is 138 cm³/mol. The summed E-state index contributed by atoms with van der Waals surface area (Å²) in [6.07, 6.45) is 0.739. The highest BCUT2D eigenvalue weighted by Gasteiger charge is 2.19. The van der Waals surface area contributed by atoms with Crippen molar-refractivity contribution >= 4 is 18.3 Å². The fourth-order valence-corrected chi connectivity index (χ4v) is 3.51. The number of aromatic nitrogens is 3. The second kappa shape index (κ2) is 13.0. The van der Waals surface area contributed by atoms with Crippen LogP contribution >= 0.6 is 0 Å². The van der Waals surface area contributed by atoms with Crippen LogP contribution in [0.15, 0.2) is 47.6 Å². The van der Waals surface area contributed by atoms with Gasteiger partial charge in [0.15, 0.2) is 5.49 Å². The fraction of sp³-hybridized carbons (Fsp3) is 0.346. The molecule has 0 amide bonds. The quantitative estimate of drug-likeness (QED) is 0.299. The van der Waals surface area contributed by atoms with E-state index in [0.29, 0.717) is 36.3 Å². The zero-order valence-electron chi connectivity index (χ0n) is 21.3. The van der Waals surface area contributed by atoms with E-state index < -0.39 is 0 Å². The third-order valence-electron chi connectivity index (χ3n) is 4.89. The van der Waals surface area contributed by atoms with E-state index in [1.807, 2.05) is 70.2 Å². The average Bonchev–Trinajstić information content (AvgIpc) is 2.84. The number of pyridine rings is 1. The molecule has 0 saturated heterocycles. The summed E-state index contributed by atoms with van der Waals surface area (Å²) in [6, 6.07) is 13.4. The highest BCUT2D eigenvalue weighted by Crippen LogP contribution is 2.29. The molecule has 2 N–H and O–H groups in total. The lowest BCUT2D eigenvalue weighted by atomic mass is 9.99. The molecule has 35 heavy (non-hydrogen) atoms. The maximum absolute atomic E-state index is 12.0. The lowest BCUT2D eigenvalue weighted by Crippen LogP contribution is -2.31. The third-order valence-corrected chi connectivity index (χ3v) is 4.89. The average molecular weight is 479 g/mol. The largest absolute Gasteiger partial charge is 0.466 e. The Morgan fingerprint density at radius 3 is 2.31 bits per heavy atom. The van der Waals surface area contributed by atoms with Gasteiger partial charge in [0.1, 0.15) is 0 Å². The molecule has 0 fully saturated rings. The van der Waals surface area contributed by atoms with Gasteiger partial charge in [-0.15, -0.1) is 0 Å². The van der Waals surface area contributed by atoms with Crippen molar-refractivity contribution in [2.24, 2.45) is 5.10 Å². The molecule has 3 aromatic rings. The van der Waals surface area contributed by atoms with Crippen molar-refractivity contribution in [3.8, 4) is 22.4 Å². The molecule has 0 aliphatic heterocycles. The monoisotopic (exact) mass is 478 g/mol. The van der Waals surface area contributed by atoms with Gasteiger partial charge in [0.2, 0.25) is 12.4 Å². The first-order valence-corrected chi connectivity index (χ1v) is 11.6. The van der Waals surface area contributed by atoms with Gasteiger partial charge in [-0.3, -0.25) is 19.6 Å². The second-order valence-electron chi connectivity index (χ2n) is 7.53. The van der Waals surface area contributed by atoms with Gasteiger partial charge in [0, 0.05) is 30.5 Å². The maximum atomic E-state index is 12.0. The van der Waals surface area contributed by atoms with Crippen molar-refractivity contribution in [1.82, 2.24) is 19.5 Å². The smallest absolute Gasteiger partial charge is 0.307 e. The number of rotatable bonds is 8. The highest BCUT2D eigenvalue weighted by atomic mass is 16.5. The number of aryl methyl sites for hydroxylation is 2. The number of ether oxygens (including phenoxy) is 1. The Morgan fingerprint density at radius 2 is 1.74 bits per heavy atom. The van der Waals surface area contributed by atoms with E-state index in [2.05, 4.69) is 15.1 Å². The van der Waals surface area contributed by atoms with E-state index in [-0.39, 0.29) is 18.3 Å². The van der Waals surface area contributed by atoms with Crippen LogP contribution in [0.1, 0.15) is 38.6 Å². The van der Waals surface area contributed by atoms with Gasteiger partial charge >= 0.3 is 5.97 Å². The maximum Gasteiger partial charge on any atom is 0.307 e. The van der Waals surface area contributed by atoms with Crippen molar-refractivity contribution in [3.63, 3.8) is 0 Å². The Labute approximate surface area is 206 Å². The number of esters is 1. The predicted octanol–water partition coefficient (Wildman–Crippen LogP) is 3.58. The van der Waals surface area contributed by atoms with E-state index in [0.717, 1.165) is 22.5 Å². The molecule has 1 aromatic carbocycles. The van der Waals surface area contributed by atoms with Gasteiger partial charge in [-0.1, -0.05) is 44.2 Å². The number of nitrogens with zero attached hydrogens (tertiary/aromatic N) is 5. The number of hydrogen-bond acceptors (Lipinski definition) is 8. The molecule has 2 heterocycles. The van der Waals surface area contributed by atoms with Crippen LogP contribution in [0.3, 0.4) is 0 Å². The van der Waals surface area contributed by atoms with Gasteiger partial charge in [0.05, 0.1) is 24.3 Å². The van der Waals surface area contributed by atoms with Gasteiger partial charge < -0.3 is 10.5 Å². The summed E-state index contributed by atoms with van der Waals surface area (Å²) >= 11 is 0. The van der Waals surface area contributed by atoms with Crippen molar-refractivity contribution in [3.05, 3.63) is 59.3 Å². The Morgan fingerprint density at radius 1 is 1.11 bits per heavy atom. The highest BCUT2D eigenvalue weighted by molar-refractivity contribution is 5.82. The van der Waals surface area contributed by atoms with Gasteiger partial charge in [-0.05, 0) is 38.5 Å². The molecule has 0 atom stereocenters. The van der Waals surface area contributed by atoms with Crippen LogP contribution in [0.25, 0.3) is 22.4 Å². The first-order valence-electron chi connectivity index (χ1n) is 11.6. The van der Waals surface area contributed by atoms with Crippen molar-refractivity contribution in [1.29, 1.82) is 0 Å². The van der Waals surface area contributed by atoms with Crippen LogP contribution < -0.4 is 11.2 Å². The minimum absolute atomic E-state index is 0.00708. The molecule has 2 aromatic heterocycles. The SMILES string of the molecule is CC.CCOC(=O)CCN(C)/N=c1/c(-c2cc(C)nc(C)c2)c(-c2ccccc2)nc(N)n1C=O. The number of carbonyl (C=O) groups is 2. The Kier molecular flexibility index (Phi) is 10.1. The lowest BCUT2D eigenvalue weighted by Gasteiger charge is -2.18. The molecule has 186 valence electrons. The minimum atomic E-state index is -0.317. The summed E-state index contributed by atoms with van der Waals surface area (Å²) in [5, 5.41) is 6.25. The van der Waals surface area contributed by atoms with Crippen LogP contribution in [0.2, 0.25) is 0 Å². The molecular weight excluding hydrogens is 444 g/mol. The number of nitrogen functional groups attached to an aromatic ring is 1. The van der Waals surface area contributed by atoms with Crippen molar-refractivity contribution in [2.75, 3.05) is 25.9 Å². The number of benzene rings is 1. The van der Waals surface area contributed by atoms with E-state index >= 15 is 0 Å². The standard InChI is InChI=1S/C24H28N6O3.C2H6/c1-5-33-20(32)11-12-29(4)28-23-21(19-13-16(2)26-17(3)14-19)22(18-9-7-6-8-10-18)27-24(25)30(23)15-31;1-2/h6-10,13-15H,5,11-12H2,1-4H3,(H2,25,27);1-2H3/b28-23-;. The summed E-state index contributed by atoms with van der Waals surface area (Å²) in [4.78, 5) is 32.8. The fourth-order valence-electron chi connectivity index (χ4n) is 3.51. The normalized spacial score (nSPS) is 10.9. The first-order chi connectivity index (χ1) is 16.8. The van der Waals surface area contributed by atoms with Crippen LogP contribution in [0.4, 0.5) is 5.95 Å². The van der Waals surface area contributed by atoms with Crippen LogP contribution in [0.5, 0.6) is 0 Å². The van der Waals surface area contributed by atoms with Gasteiger partial charge in [0.25, 0.3) is 0 Å². The van der Waals surface area contributed by atoms with E-state index in [1.165, 1.54) is 4.57 Å². The molecular formula is C26H34N6O3. The van der Waals surface area contributed by atoms with E-state index in [9.17, 15) is 9.59 Å². The second-order valence-corrected chi connectivity index (χ2v) is 7.53. The zero-order valence-corrected chi connectivity index (χ0v) is 21.3. The molecule has 0 radical (unpaired) electrons. The summed E-state index contributed by atoms with van der Waals surface area (Å²) in [6.45, 7) is 10.2. The first kappa shape index (κ1) is 27.2. The van der Waals surface area contributed by atoms with E-state index in [1.54, 1.807) is 19.0 Å². The van der Waals surface area contributed by atoms with Gasteiger partial charge in [-0.2, -0.15) is 5.10 Å². The number of carbonyl (C=O) groups excluding carboxylic acids is 2. The number of hydrogen-bond donors (Lipinski definition) is 1.